The van der Waals surface area contributed by atoms with Gasteiger partial charge in [-0.3, -0.25) is 0 Å². The van der Waals surface area contributed by atoms with Crippen molar-refractivity contribution in [3.63, 3.8) is 0 Å². The third kappa shape index (κ3) is 4.22. The van der Waals surface area contributed by atoms with Crippen molar-refractivity contribution in [3.8, 4) is 5.75 Å². The summed E-state index contributed by atoms with van der Waals surface area (Å²) in [6.45, 7) is 2.12. The molecule has 4 heteroatoms. The lowest BCUT2D eigenvalue weighted by molar-refractivity contribution is 0.300. The van der Waals surface area contributed by atoms with Crippen molar-refractivity contribution in [2.45, 2.75) is 26.0 Å². The Hall–Kier alpha value is -1.58. The predicted molar refractivity (Wildman–Crippen MR) is 79.5 cm³/mol. The van der Waals surface area contributed by atoms with Gasteiger partial charge in [-0.05, 0) is 49.2 Å². The van der Waals surface area contributed by atoms with Gasteiger partial charge >= 0.3 is 0 Å². The predicted octanol–water partition coefficient (Wildman–Crippen LogP) is 3.95. The zero-order valence-electron chi connectivity index (χ0n) is 11.3. The summed E-state index contributed by atoms with van der Waals surface area (Å²) in [7, 11) is 0. The van der Waals surface area contributed by atoms with Gasteiger partial charge in [-0.2, -0.15) is 0 Å². The van der Waals surface area contributed by atoms with E-state index in [-0.39, 0.29) is 18.5 Å². The van der Waals surface area contributed by atoms with E-state index in [1.54, 1.807) is 6.07 Å². The SMILES string of the molecule is CC(N)Cc1ccc(OCc2cc(Cl)ccc2F)cc1. The standard InChI is InChI=1S/C16H17ClFNO/c1-11(19)8-12-2-5-15(6-3-12)20-10-13-9-14(17)4-7-16(13)18/h2-7,9,11H,8,10,19H2,1H3. The molecule has 2 nitrogen and oxygen atoms in total. The highest BCUT2D eigenvalue weighted by Gasteiger charge is 2.04. The fourth-order valence-corrected chi connectivity index (χ4v) is 2.10. The fraction of sp³-hybridized carbons (Fsp3) is 0.250. The monoisotopic (exact) mass is 293 g/mol. The highest BCUT2D eigenvalue weighted by molar-refractivity contribution is 6.30. The third-order valence-electron chi connectivity index (χ3n) is 2.88. The maximum absolute atomic E-state index is 13.5. The van der Waals surface area contributed by atoms with Gasteiger partial charge in [-0.1, -0.05) is 23.7 Å². The first-order valence-corrected chi connectivity index (χ1v) is 6.83. The summed E-state index contributed by atoms with van der Waals surface area (Å²) in [6, 6.07) is 12.2. The van der Waals surface area contributed by atoms with Crippen LogP contribution in [0.25, 0.3) is 0 Å². The number of nitrogens with two attached hydrogens (primary N) is 1. The average molecular weight is 294 g/mol. The topological polar surface area (TPSA) is 35.2 Å². The average Bonchev–Trinajstić information content (AvgIpc) is 2.41. The van der Waals surface area contributed by atoms with Crippen LogP contribution in [0, 0.1) is 5.82 Å². The molecule has 2 rings (SSSR count). The van der Waals surface area contributed by atoms with Gasteiger partial charge in [0, 0.05) is 16.6 Å². The minimum atomic E-state index is -0.317. The van der Waals surface area contributed by atoms with Gasteiger partial charge in [0.1, 0.15) is 18.2 Å². The molecule has 0 fully saturated rings. The summed E-state index contributed by atoms with van der Waals surface area (Å²) >= 11 is 5.83. The second kappa shape index (κ2) is 6.73. The lowest BCUT2D eigenvalue weighted by atomic mass is 10.1. The van der Waals surface area contributed by atoms with Crippen LogP contribution in [0.2, 0.25) is 5.02 Å². The van der Waals surface area contributed by atoms with Crippen LogP contribution < -0.4 is 10.5 Å². The molecular weight excluding hydrogens is 277 g/mol. The Balaban J connectivity index is 1.98. The van der Waals surface area contributed by atoms with Crippen LogP contribution in [0.3, 0.4) is 0 Å². The Morgan fingerprint density at radius 1 is 1.20 bits per heavy atom. The van der Waals surface area contributed by atoms with Gasteiger partial charge in [0.25, 0.3) is 0 Å². The van der Waals surface area contributed by atoms with Crippen molar-refractivity contribution in [2.24, 2.45) is 5.73 Å². The van der Waals surface area contributed by atoms with Gasteiger partial charge in [0.2, 0.25) is 0 Å². The van der Waals surface area contributed by atoms with Crippen LogP contribution >= 0.6 is 11.6 Å². The van der Waals surface area contributed by atoms with Crippen LogP contribution in [-0.2, 0) is 13.0 Å². The summed E-state index contributed by atoms with van der Waals surface area (Å²) < 4.78 is 19.1. The molecule has 0 saturated carbocycles. The van der Waals surface area contributed by atoms with Gasteiger partial charge in [0.15, 0.2) is 0 Å². The van der Waals surface area contributed by atoms with E-state index >= 15 is 0 Å². The summed E-state index contributed by atoms with van der Waals surface area (Å²) in [6.07, 6.45) is 0.823. The second-order valence-electron chi connectivity index (χ2n) is 4.85. The Labute approximate surface area is 123 Å². The highest BCUT2D eigenvalue weighted by atomic mass is 35.5. The minimum absolute atomic E-state index is 0.127. The maximum atomic E-state index is 13.5. The summed E-state index contributed by atoms with van der Waals surface area (Å²) in [5.74, 6) is 0.376. The second-order valence-corrected chi connectivity index (χ2v) is 5.29. The van der Waals surface area contributed by atoms with Crippen LogP contribution in [0.15, 0.2) is 42.5 Å². The van der Waals surface area contributed by atoms with Crippen LogP contribution in [0.4, 0.5) is 4.39 Å². The van der Waals surface area contributed by atoms with E-state index in [4.69, 9.17) is 22.1 Å². The van der Waals surface area contributed by atoms with Crippen LogP contribution in [0.1, 0.15) is 18.1 Å². The summed E-state index contributed by atoms with van der Waals surface area (Å²) in [5.41, 5.74) is 7.34. The lowest BCUT2D eigenvalue weighted by Crippen LogP contribution is -2.17. The number of benzene rings is 2. The first-order valence-electron chi connectivity index (χ1n) is 6.46. The molecule has 20 heavy (non-hydrogen) atoms. The molecule has 0 aliphatic heterocycles. The van der Waals surface area contributed by atoms with Crippen molar-refractivity contribution in [1.82, 2.24) is 0 Å². The van der Waals surface area contributed by atoms with E-state index in [0.29, 0.717) is 16.3 Å². The molecule has 0 heterocycles. The first-order chi connectivity index (χ1) is 9.54. The van der Waals surface area contributed by atoms with Gasteiger partial charge in [-0.15, -0.1) is 0 Å². The fourth-order valence-electron chi connectivity index (χ4n) is 1.91. The number of ether oxygens (including phenoxy) is 1. The lowest BCUT2D eigenvalue weighted by Gasteiger charge is -2.09. The Morgan fingerprint density at radius 3 is 2.55 bits per heavy atom. The zero-order chi connectivity index (χ0) is 14.5. The van der Waals surface area contributed by atoms with Gasteiger partial charge in [-0.25, -0.2) is 4.39 Å². The van der Waals surface area contributed by atoms with Crippen molar-refractivity contribution in [3.05, 3.63) is 64.4 Å². The molecule has 0 saturated heterocycles. The number of rotatable bonds is 5. The minimum Gasteiger partial charge on any atom is -0.489 e. The smallest absolute Gasteiger partial charge is 0.129 e. The Kier molecular flexibility index (Phi) is 4.99. The van der Waals surface area contributed by atoms with E-state index in [1.807, 2.05) is 31.2 Å². The molecule has 0 radical (unpaired) electrons. The van der Waals surface area contributed by atoms with Crippen molar-refractivity contribution < 1.29 is 9.13 Å². The summed E-state index contributed by atoms with van der Waals surface area (Å²) in [4.78, 5) is 0. The molecule has 1 unspecified atom stereocenters. The summed E-state index contributed by atoms with van der Waals surface area (Å²) in [5, 5.41) is 0.497. The molecule has 2 aromatic rings. The quantitative estimate of drug-likeness (QED) is 0.906. The third-order valence-corrected chi connectivity index (χ3v) is 3.12. The van der Waals surface area contributed by atoms with Crippen LogP contribution in [-0.4, -0.2) is 6.04 Å². The molecule has 2 aromatic carbocycles. The number of halogens is 2. The van der Waals surface area contributed by atoms with E-state index in [9.17, 15) is 4.39 Å². The molecule has 2 N–H and O–H groups in total. The largest absolute Gasteiger partial charge is 0.489 e. The number of hydrogen-bond donors (Lipinski definition) is 1. The molecule has 0 spiro atoms. The van der Waals surface area contributed by atoms with E-state index < -0.39 is 0 Å². The highest BCUT2D eigenvalue weighted by Crippen LogP contribution is 2.19. The van der Waals surface area contributed by atoms with Crippen LogP contribution in [0.5, 0.6) is 5.75 Å². The zero-order valence-corrected chi connectivity index (χ0v) is 12.0. The van der Waals surface area contributed by atoms with Gasteiger partial charge in [0.05, 0.1) is 0 Å². The molecule has 0 amide bonds. The maximum Gasteiger partial charge on any atom is 0.129 e. The number of hydrogen-bond acceptors (Lipinski definition) is 2. The van der Waals surface area contributed by atoms with Crippen molar-refractivity contribution >= 4 is 11.6 Å². The first kappa shape index (κ1) is 14.8. The molecule has 1 atom stereocenters. The Bertz CT molecular complexity index is 569. The van der Waals surface area contributed by atoms with Gasteiger partial charge < -0.3 is 10.5 Å². The van der Waals surface area contributed by atoms with E-state index in [1.165, 1.54) is 12.1 Å². The molecule has 0 aromatic heterocycles. The molecule has 0 aliphatic rings. The molecule has 106 valence electrons. The van der Waals surface area contributed by atoms with E-state index in [2.05, 4.69) is 0 Å². The van der Waals surface area contributed by atoms with Crippen molar-refractivity contribution in [1.29, 1.82) is 0 Å². The molecule has 0 aliphatic carbocycles. The molecule has 0 bridgehead atoms. The Morgan fingerprint density at radius 2 is 1.90 bits per heavy atom. The van der Waals surface area contributed by atoms with E-state index in [0.717, 1.165) is 12.0 Å². The van der Waals surface area contributed by atoms with Crippen molar-refractivity contribution in [2.75, 3.05) is 0 Å². The normalized spacial score (nSPS) is 12.2. The molecular formula is C16H17ClFNO.